The van der Waals surface area contributed by atoms with E-state index in [-0.39, 0.29) is 31.0 Å². The molecule has 0 saturated heterocycles. The largest absolute Gasteiger partial charge is 0.493 e. The van der Waals surface area contributed by atoms with Crippen molar-refractivity contribution in [3.63, 3.8) is 0 Å². The van der Waals surface area contributed by atoms with E-state index in [1.54, 1.807) is 0 Å². The predicted molar refractivity (Wildman–Crippen MR) is 173 cm³/mol. The van der Waals surface area contributed by atoms with E-state index in [9.17, 15) is 19.8 Å². The highest BCUT2D eigenvalue weighted by molar-refractivity contribution is 5.89. The Kier molecular flexibility index (Phi) is 15.0. The molecule has 2 saturated carbocycles. The predicted octanol–water partition coefficient (Wildman–Crippen LogP) is 7.30. The zero-order valence-electron chi connectivity index (χ0n) is 27.3. The third-order valence-electron chi connectivity index (χ3n) is 9.82. The Labute approximate surface area is 265 Å². The molecule has 0 aliphatic heterocycles. The maximum Gasteiger partial charge on any atom is 0.336 e. The van der Waals surface area contributed by atoms with Crippen molar-refractivity contribution in [2.45, 2.75) is 116 Å². The van der Waals surface area contributed by atoms with Crippen LogP contribution in [0.1, 0.15) is 109 Å². The highest BCUT2D eigenvalue weighted by atomic mass is 16.6. The summed E-state index contributed by atoms with van der Waals surface area (Å²) in [5.74, 6) is 2.13. The molecular weight excluding hydrogens is 556 g/mol. The fourth-order valence-corrected chi connectivity index (χ4v) is 6.66. The third-order valence-corrected chi connectivity index (χ3v) is 9.82. The van der Waals surface area contributed by atoms with E-state index in [0.717, 1.165) is 17.8 Å². The van der Waals surface area contributed by atoms with Crippen molar-refractivity contribution in [1.29, 1.82) is 0 Å². The summed E-state index contributed by atoms with van der Waals surface area (Å²) >= 11 is 0. The molecule has 1 aromatic rings. The van der Waals surface area contributed by atoms with Crippen molar-refractivity contribution in [2.24, 2.45) is 23.7 Å². The SMILES string of the molecule is C=C(C(=O)OCC(COC(=O)C(=C)C(C)O)COc1ccc(C2CCC(C3CCC(CCCCC)CC3)CC2)cc1)C(C)O. The first-order chi connectivity index (χ1) is 21.1. The van der Waals surface area contributed by atoms with Gasteiger partial charge in [-0.3, -0.25) is 0 Å². The number of aliphatic hydroxyl groups is 2. The van der Waals surface area contributed by atoms with Crippen molar-refractivity contribution in [2.75, 3.05) is 19.8 Å². The van der Waals surface area contributed by atoms with Crippen molar-refractivity contribution >= 4 is 11.9 Å². The van der Waals surface area contributed by atoms with Crippen LogP contribution in [0.25, 0.3) is 0 Å². The lowest BCUT2D eigenvalue weighted by molar-refractivity contribution is -0.145. The van der Waals surface area contributed by atoms with Crippen LogP contribution in [0.4, 0.5) is 0 Å². The number of aliphatic hydroxyl groups excluding tert-OH is 2. The summed E-state index contributed by atoms with van der Waals surface area (Å²) in [5, 5.41) is 19.2. The molecule has 2 unspecified atom stereocenters. The number of carbonyl (C=O) groups excluding carboxylic acids is 2. The maximum absolute atomic E-state index is 12.2. The first kappa shape index (κ1) is 35.8. The molecule has 0 radical (unpaired) electrons. The molecule has 1 aromatic carbocycles. The van der Waals surface area contributed by atoms with E-state index in [1.165, 1.54) is 96.5 Å². The number of hydrogen-bond donors (Lipinski definition) is 2. The second-order valence-corrected chi connectivity index (χ2v) is 13.2. The number of hydrogen-bond acceptors (Lipinski definition) is 7. The zero-order valence-corrected chi connectivity index (χ0v) is 27.3. The Bertz CT molecular complexity index is 1010. The average Bonchev–Trinajstić information content (AvgIpc) is 3.04. The molecule has 2 atom stereocenters. The average molecular weight is 613 g/mol. The highest BCUT2D eigenvalue weighted by Gasteiger charge is 2.31. The van der Waals surface area contributed by atoms with Gasteiger partial charge in [-0.15, -0.1) is 0 Å². The minimum Gasteiger partial charge on any atom is -0.493 e. The second kappa shape index (κ2) is 18.4. The van der Waals surface area contributed by atoms with Crippen LogP contribution in [0.2, 0.25) is 0 Å². The number of esters is 2. The van der Waals surface area contributed by atoms with E-state index in [1.807, 2.05) is 12.1 Å². The van der Waals surface area contributed by atoms with Crippen LogP contribution in [0.15, 0.2) is 48.6 Å². The van der Waals surface area contributed by atoms with Crippen LogP contribution >= 0.6 is 0 Å². The van der Waals surface area contributed by atoms with Gasteiger partial charge in [0.05, 0.1) is 35.9 Å². The summed E-state index contributed by atoms with van der Waals surface area (Å²) in [5.41, 5.74) is 1.24. The summed E-state index contributed by atoms with van der Waals surface area (Å²) in [7, 11) is 0. The molecule has 44 heavy (non-hydrogen) atoms. The number of benzene rings is 1. The van der Waals surface area contributed by atoms with Gasteiger partial charge in [-0.05, 0) is 93.7 Å². The Morgan fingerprint density at radius 3 is 1.75 bits per heavy atom. The van der Waals surface area contributed by atoms with Gasteiger partial charge in [0.1, 0.15) is 19.0 Å². The van der Waals surface area contributed by atoms with Crippen LogP contribution in [0.5, 0.6) is 5.75 Å². The molecule has 0 heterocycles. The lowest BCUT2D eigenvalue weighted by Crippen LogP contribution is -2.28. The van der Waals surface area contributed by atoms with Crippen LogP contribution in [0, 0.1) is 23.7 Å². The molecule has 2 aliphatic rings. The quantitative estimate of drug-likeness (QED) is 0.108. The Morgan fingerprint density at radius 2 is 1.27 bits per heavy atom. The van der Waals surface area contributed by atoms with Crippen LogP contribution in [-0.2, 0) is 19.1 Å². The maximum atomic E-state index is 12.2. The van der Waals surface area contributed by atoms with Gasteiger partial charge in [-0.1, -0.05) is 70.7 Å². The van der Waals surface area contributed by atoms with Crippen LogP contribution in [0.3, 0.4) is 0 Å². The number of carbonyl (C=O) groups is 2. The number of ether oxygens (including phenoxy) is 3. The third kappa shape index (κ3) is 11.4. The molecule has 0 aromatic heterocycles. The Morgan fingerprint density at radius 1 is 0.773 bits per heavy atom. The van der Waals surface area contributed by atoms with Gasteiger partial charge in [0.2, 0.25) is 0 Å². The fourth-order valence-electron chi connectivity index (χ4n) is 6.66. The molecule has 7 nitrogen and oxygen atoms in total. The molecule has 0 bridgehead atoms. The number of rotatable bonds is 17. The van der Waals surface area contributed by atoms with Gasteiger partial charge in [-0.25, -0.2) is 9.59 Å². The molecule has 7 heteroatoms. The van der Waals surface area contributed by atoms with Gasteiger partial charge in [0, 0.05) is 0 Å². The molecule has 0 amide bonds. The van der Waals surface area contributed by atoms with Crippen molar-refractivity contribution in [3.8, 4) is 5.75 Å². The van der Waals surface area contributed by atoms with Gasteiger partial charge in [0.15, 0.2) is 0 Å². The van der Waals surface area contributed by atoms with Crippen LogP contribution in [-0.4, -0.2) is 54.2 Å². The highest BCUT2D eigenvalue weighted by Crippen LogP contribution is 2.44. The molecule has 3 rings (SSSR count). The molecule has 2 fully saturated rings. The van der Waals surface area contributed by atoms with Gasteiger partial charge in [0.25, 0.3) is 0 Å². The zero-order chi connectivity index (χ0) is 32.1. The normalized spacial score (nSPS) is 24.0. The van der Waals surface area contributed by atoms with Crippen molar-refractivity contribution in [1.82, 2.24) is 0 Å². The summed E-state index contributed by atoms with van der Waals surface area (Å²) in [6.45, 7) is 12.2. The standard InChI is InChI=1S/C37H56O7/c1-6-7-8-9-29-10-12-31(13-11-29)32-14-16-33(17-15-32)34-18-20-35(21-19-34)42-22-30(23-43-36(40)25(2)27(4)38)24-44-37(41)26(3)28(5)39/h18-21,27-33,38-39H,2-3,6-17,22-24H2,1,4-5H3. The summed E-state index contributed by atoms with van der Waals surface area (Å²) in [6, 6.07) is 8.24. The van der Waals surface area contributed by atoms with Crippen molar-refractivity contribution < 1.29 is 34.0 Å². The Balaban J connectivity index is 1.46. The minimum atomic E-state index is -1.03. The van der Waals surface area contributed by atoms with E-state index >= 15 is 0 Å². The van der Waals surface area contributed by atoms with Gasteiger partial charge in [-0.2, -0.15) is 0 Å². The lowest BCUT2D eigenvalue weighted by Gasteiger charge is -2.38. The minimum absolute atomic E-state index is 0.0565. The Hall–Kier alpha value is -2.64. The van der Waals surface area contributed by atoms with E-state index in [2.05, 4.69) is 32.2 Å². The van der Waals surface area contributed by atoms with E-state index < -0.39 is 30.1 Å². The smallest absolute Gasteiger partial charge is 0.336 e. The van der Waals surface area contributed by atoms with E-state index in [4.69, 9.17) is 14.2 Å². The number of unbranched alkanes of at least 4 members (excludes halogenated alkanes) is 2. The molecule has 0 spiro atoms. The second-order valence-electron chi connectivity index (χ2n) is 13.2. The monoisotopic (exact) mass is 612 g/mol. The topological polar surface area (TPSA) is 102 Å². The fraction of sp³-hybridized carbons (Fsp3) is 0.676. The molecule has 2 aliphatic carbocycles. The van der Waals surface area contributed by atoms with E-state index in [0.29, 0.717) is 11.7 Å². The summed E-state index contributed by atoms with van der Waals surface area (Å²) in [4.78, 5) is 24.4. The molecule has 2 N–H and O–H groups in total. The first-order valence-corrected chi connectivity index (χ1v) is 16.9. The lowest BCUT2D eigenvalue weighted by atomic mass is 9.68. The summed E-state index contributed by atoms with van der Waals surface area (Å²) in [6.07, 6.45) is 14.4. The van der Waals surface area contributed by atoms with Gasteiger partial charge >= 0.3 is 11.9 Å². The molecular formula is C37H56O7. The molecule has 246 valence electrons. The van der Waals surface area contributed by atoms with Gasteiger partial charge < -0.3 is 24.4 Å². The first-order valence-electron chi connectivity index (χ1n) is 16.9. The van der Waals surface area contributed by atoms with Crippen LogP contribution < -0.4 is 4.74 Å². The summed E-state index contributed by atoms with van der Waals surface area (Å²) < 4.78 is 16.6. The van der Waals surface area contributed by atoms with Crippen molar-refractivity contribution in [3.05, 3.63) is 54.1 Å².